The Bertz CT molecular complexity index is 319. The van der Waals surface area contributed by atoms with Gasteiger partial charge in [0.05, 0.1) is 0 Å². The van der Waals surface area contributed by atoms with Gasteiger partial charge in [0, 0.05) is 17.1 Å². The fourth-order valence-electron chi connectivity index (χ4n) is 0.991. The molecular weight excluding hydrogens is 198 g/mol. The normalized spacial score (nSPS) is 9.50. The summed E-state index contributed by atoms with van der Waals surface area (Å²) in [5.74, 6) is -0.0801. The van der Waals surface area contributed by atoms with Crippen LogP contribution in [0, 0.1) is 0 Å². The molecule has 2 nitrogen and oxygen atoms in total. The predicted molar refractivity (Wildman–Crippen MR) is 58.6 cm³/mol. The highest BCUT2D eigenvalue weighted by Gasteiger charge is 2.02. The smallest absolute Gasteiger partial charge is 0.251 e. The van der Waals surface area contributed by atoms with Crippen LogP contribution in [0.1, 0.15) is 16.8 Å². The highest BCUT2D eigenvalue weighted by molar-refractivity contribution is 6.30. The first kappa shape index (κ1) is 10.8. The molecule has 74 valence electrons. The van der Waals surface area contributed by atoms with Gasteiger partial charge < -0.3 is 5.32 Å². The summed E-state index contributed by atoms with van der Waals surface area (Å²) in [5.41, 5.74) is 0.624. The zero-order valence-electron chi connectivity index (χ0n) is 7.79. The summed E-state index contributed by atoms with van der Waals surface area (Å²) >= 11 is 5.70. The molecule has 0 spiro atoms. The summed E-state index contributed by atoms with van der Waals surface area (Å²) in [7, 11) is 0. The Kier molecular flexibility index (Phi) is 4.20. The number of rotatable bonds is 4. The standard InChI is InChI=1S/C11H12ClNO/c1-2-3-8-13-11(14)9-4-6-10(12)7-5-9/h2,4-7H,1,3,8H2,(H,13,14). The van der Waals surface area contributed by atoms with E-state index in [1.807, 2.05) is 0 Å². The molecule has 0 saturated carbocycles. The minimum Gasteiger partial charge on any atom is -0.352 e. The fourth-order valence-corrected chi connectivity index (χ4v) is 1.12. The first-order chi connectivity index (χ1) is 6.74. The topological polar surface area (TPSA) is 29.1 Å². The van der Waals surface area contributed by atoms with Gasteiger partial charge in [-0.1, -0.05) is 17.7 Å². The van der Waals surface area contributed by atoms with E-state index in [1.165, 1.54) is 0 Å². The van der Waals surface area contributed by atoms with Crippen LogP contribution >= 0.6 is 11.6 Å². The van der Waals surface area contributed by atoms with Crippen LogP contribution in [0.15, 0.2) is 36.9 Å². The molecule has 0 aliphatic heterocycles. The maximum atomic E-state index is 11.4. The van der Waals surface area contributed by atoms with Crippen molar-refractivity contribution in [2.24, 2.45) is 0 Å². The molecule has 0 fully saturated rings. The molecule has 0 bridgehead atoms. The van der Waals surface area contributed by atoms with Crippen LogP contribution in [0.5, 0.6) is 0 Å². The van der Waals surface area contributed by atoms with Gasteiger partial charge in [0.25, 0.3) is 5.91 Å². The molecule has 0 radical (unpaired) electrons. The highest BCUT2D eigenvalue weighted by Crippen LogP contribution is 2.09. The van der Waals surface area contributed by atoms with Crippen molar-refractivity contribution in [1.29, 1.82) is 0 Å². The number of amides is 1. The van der Waals surface area contributed by atoms with E-state index < -0.39 is 0 Å². The van der Waals surface area contributed by atoms with E-state index in [4.69, 9.17) is 11.6 Å². The van der Waals surface area contributed by atoms with Gasteiger partial charge >= 0.3 is 0 Å². The van der Waals surface area contributed by atoms with Crippen molar-refractivity contribution < 1.29 is 4.79 Å². The van der Waals surface area contributed by atoms with Gasteiger partial charge in [0.15, 0.2) is 0 Å². The molecule has 0 unspecified atom stereocenters. The molecule has 1 N–H and O–H groups in total. The molecule has 14 heavy (non-hydrogen) atoms. The van der Waals surface area contributed by atoms with Gasteiger partial charge in [-0.25, -0.2) is 0 Å². The van der Waals surface area contributed by atoms with Crippen LogP contribution < -0.4 is 5.32 Å². The molecule has 0 heterocycles. The summed E-state index contributed by atoms with van der Waals surface area (Å²) in [6.07, 6.45) is 2.54. The Labute approximate surface area is 88.6 Å². The number of hydrogen-bond donors (Lipinski definition) is 1. The molecule has 0 aliphatic carbocycles. The number of nitrogens with one attached hydrogen (secondary N) is 1. The van der Waals surface area contributed by atoms with Gasteiger partial charge in [-0.05, 0) is 30.7 Å². The van der Waals surface area contributed by atoms with E-state index in [0.717, 1.165) is 6.42 Å². The van der Waals surface area contributed by atoms with Gasteiger partial charge in [-0.15, -0.1) is 6.58 Å². The molecular formula is C11H12ClNO. The van der Waals surface area contributed by atoms with Crippen LogP contribution in [0.2, 0.25) is 5.02 Å². The Hall–Kier alpha value is -1.28. The maximum absolute atomic E-state index is 11.4. The lowest BCUT2D eigenvalue weighted by molar-refractivity contribution is 0.0954. The van der Waals surface area contributed by atoms with Crippen LogP contribution in [0.3, 0.4) is 0 Å². The molecule has 0 atom stereocenters. The first-order valence-electron chi connectivity index (χ1n) is 4.38. The Morgan fingerprint density at radius 3 is 2.64 bits per heavy atom. The van der Waals surface area contributed by atoms with Crippen molar-refractivity contribution in [2.75, 3.05) is 6.54 Å². The van der Waals surface area contributed by atoms with Gasteiger partial charge in [0.2, 0.25) is 0 Å². The number of halogens is 1. The molecule has 1 aromatic carbocycles. The lowest BCUT2D eigenvalue weighted by Crippen LogP contribution is -2.23. The van der Waals surface area contributed by atoms with Crippen LogP contribution in [-0.2, 0) is 0 Å². The monoisotopic (exact) mass is 209 g/mol. The molecule has 1 amide bonds. The van der Waals surface area contributed by atoms with Gasteiger partial charge in [-0.3, -0.25) is 4.79 Å². The second-order valence-electron chi connectivity index (χ2n) is 2.84. The van der Waals surface area contributed by atoms with E-state index in [2.05, 4.69) is 11.9 Å². The zero-order valence-corrected chi connectivity index (χ0v) is 8.55. The van der Waals surface area contributed by atoms with Gasteiger partial charge in [0.1, 0.15) is 0 Å². The summed E-state index contributed by atoms with van der Waals surface area (Å²) in [5, 5.41) is 3.40. The number of benzene rings is 1. The van der Waals surface area contributed by atoms with Crippen molar-refractivity contribution in [1.82, 2.24) is 5.32 Å². The Morgan fingerprint density at radius 2 is 2.07 bits per heavy atom. The van der Waals surface area contributed by atoms with Crippen LogP contribution in [0.4, 0.5) is 0 Å². The molecule has 1 rings (SSSR count). The third kappa shape index (κ3) is 3.23. The van der Waals surface area contributed by atoms with Crippen molar-refractivity contribution in [2.45, 2.75) is 6.42 Å². The fraction of sp³-hybridized carbons (Fsp3) is 0.182. The molecule has 0 aromatic heterocycles. The third-order valence-corrected chi connectivity index (χ3v) is 1.99. The first-order valence-corrected chi connectivity index (χ1v) is 4.76. The molecule has 0 aliphatic rings. The predicted octanol–water partition coefficient (Wildman–Crippen LogP) is 2.65. The van der Waals surface area contributed by atoms with E-state index in [-0.39, 0.29) is 5.91 Å². The quantitative estimate of drug-likeness (QED) is 0.600. The maximum Gasteiger partial charge on any atom is 0.251 e. The van der Waals surface area contributed by atoms with Gasteiger partial charge in [-0.2, -0.15) is 0 Å². The number of carbonyl (C=O) groups excluding carboxylic acids is 1. The van der Waals surface area contributed by atoms with Crippen molar-refractivity contribution in [3.63, 3.8) is 0 Å². The Morgan fingerprint density at radius 1 is 1.43 bits per heavy atom. The average Bonchev–Trinajstić information content (AvgIpc) is 2.19. The van der Waals surface area contributed by atoms with Crippen molar-refractivity contribution in [3.8, 4) is 0 Å². The van der Waals surface area contributed by atoms with E-state index >= 15 is 0 Å². The summed E-state index contributed by atoms with van der Waals surface area (Å²) in [6, 6.07) is 6.80. The lowest BCUT2D eigenvalue weighted by Gasteiger charge is -2.02. The second kappa shape index (κ2) is 5.45. The second-order valence-corrected chi connectivity index (χ2v) is 3.28. The summed E-state index contributed by atoms with van der Waals surface area (Å²) in [6.45, 7) is 4.19. The summed E-state index contributed by atoms with van der Waals surface area (Å²) < 4.78 is 0. The SMILES string of the molecule is C=CCCNC(=O)c1ccc(Cl)cc1. The van der Waals surface area contributed by atoms with Crippen LogP contribution in [0.25, 0.3) is 0 Å². The minimum absolute atomic E-state index is 0.0801. The van der Waals surface area contributed by atoms with Crippen LogP contribution in [-0.4, -0.2) is 12.5 Å². The lowest BCUT2D eigenvalue weighted by atomic mass is 10.2. The number of hydrogen-bond acceptors (Lipinski definition) is 1. The molecule has 0 saturated heterocycles. The zero-order chi connectivity index (χ0) is 10.4. The average molecular weight is 210 g/mol. The number of carbonyl (C=O) groups is 1. The highest BCUT2D eigenvalue weighted by atomic mass is 35.5. The third-order valence-electron chi connectivity index (χ3n) is 1.74. The van der Waals surface area contributed by atoms with E-state index in [0.29, 0.717) is 17.1 Å². The van der Waals surface area contributed by atoms with Crippen molar-refractivity contribution in [3.05, 3.63) is 47.5 Å². The molecule has 3 heteroatoms. The largest absolute Gasteiger partial charge is 0.352 e. The van der Waals surface area contributed by atoms with E-state index in [9.17, 15) is 4.79 Å². The molecule has 1 aromatic rings. The minimum atomic E-state index is -0.0801. The van der Waals surface area contributed by atoms with E-state index in [1.54, 1.807) is 30.3 Å². The Balaban J connectivity index is 2.52. The summed E-state index contributed by atoms with van der Waals surface area (Å²) in [4.78, 5) is 11.4. The van der Waals surface area contributed by atoms with Crippen molar-refractivity contribution >= 4 is 17.5 Å².